The lowest BCUT2D eigenvalue weighted by Crippen LogP contribution is -2.27. The third kappa shape index (κ3) is 4.87. The van der Waals surface area contributed by atoms with Gasteiger partial charge in [0.2, 0.25) is 0 Å². The third-order valence-electron chi connectivity index (χ3n) is 5.69. The molecule has 0 saturated heterocycles. The molecule has 31 heavy (non-hydrogen) atoms. The zero-order valence-corrected chi connectivity index (χ0v) is 18.8. The molecule has 2 aliphatic heterocycles. The van der Waals surface area contributed by atoms with Crippen molar-refractivity contribution in [3.05, 3.63) is 59.2 Å². The highest BCUT2D eigenvalue weighted by atomic mass is 16.5. The molecule has 5 heteroatoms. The Morgan fingerprint density at radius 1 is 1.10 bits per heavy atom. The standard InChI is InChI=1S/C26H31NO4/c1-17(31-20-8-6-19(7-9-20)26(2,3)4)23(28)16-22-21-15-25-24(29-12-5-13-30-25)14-18(21)10-11-27-22/h6-9,14-17,27H,5,10-13H2,1-4H3/b22-16-/t17-/m1/s1. The molecule has 2 aliphatic rings. The molecule has 0 fully saturated rings. The fourth-order valence-corrected chi connectivity index (χ4v) is 3.82. The second kappa shape index (κ2) is 8.66. The Bertz CT molecular complexity index is 986. The molecule has 0 bridgehead atoms. The van der Waals surface area contributed by atoms with Crippen LogP contribution in [-0.4, -0.2) is 31.6 Å². The molecule has 0 saturated carbocycles. The number of carbonyl (C=O) groups excluding carboxylic acids is 1. The number of benzene rings is 2. The predicted molar refractivity (Wildman–Crippen MR) is 122 cm³/mol. The van der Waals surface area contributed by atoms with Crippen LogP contribution in [0.25, 0.3) is 5.70 Å². The molecule has 0 unspecified atom stereocenters. The van der Waals surface area contributed by atoms with Gasteiger partial charge >= 0.3 is 0 Å². The Kier molecular flexibility index (Phi) is 5.94. The Balaban J connectivity index is 1.51. The Hall–Kier alpha value is -2.95. The molecular formula is C26H31NO4. The zero-order chi connectivity index (χ0) is 22.0. The minimum atomic E-state index is -0.583. The fourth-order valence-electron chi connectivity index (χ4n) is 3.82. The summed E-state index contributed by atoms with van der Waals surface area (Å²) in [4.78, 5) is 12.9. The SMILES string of the molecule is C[C@@H](Oc1ccc(C(C)(C)C)cc1)C(=O)/C=C1\NCCc2cc3c(cc21)OCCCO3. The van der Waals surface area contributed by atoms with Crippen LogP contribution in [-0.2, 0) is 16.6 Å². The monoisotopic (exact) mass is 421 g/mol. The van der Waals surface area contributed by atoms with Crippen molar-refractivity contribution in [2.24, 2.45) is 0 Å². The van der Waals surface area contributed by atoms with Gasteiger partial charge in [-0.25, -0.2) is 0 Å². The van der Waals surface area contributed by atoms with Crippen molar-refractivity contribution in [1.82, 2.24) is 5.32 Å². The van der Waals surface area contributed by atoms with Gasteiger partial charge in [-0.3, -0.25) is 4.79 Å². The number of carbonyl (C=O) groups is 1. The van der Waals surface area contributed by atoms with E-state index >= 15 is 0 Å². The lowest BCUT2D eigenvalue weighted by atomic mass is 9.87. The topological polar surface area (TPSA) is 56.8 Å². The van der Waals surface area contributed by atoms with Crippen molar-refractivity contribution < 1.29 is 19.0 Å². The third-order valence-corrected chi connectivity index (χ3v) is 5.69. The van der Waals surface area contributed by atoms with Crippen LogP contribution in [0.2, 0.25) is 0 Å². The van der Waals surface area contributed by atoms with Crippen molar-refractivity contribution >= 4 is 11.5 Å². The number of ketones is 1. The quantitative estimate of drug-likeness (QED) is 0.727. The first-order valence-electron chi connectivity index (χ1n) is 11.0. The van der Waals surface area contributed by atoms with Gasteiger partial charge in [-0.1, -0.05) is 32.9 Å². The maximum Gasteiger partial charge on any atom is 0.197 e. The highest BCUT2D eigenvalue weighted by molar-refractivity contribution is 6.00. The minimum absolute atomic E-state index is 0.0807. The molecule has 0 spiro atoms. The lowest BCUT2D eigenvalue weighted by Gasteiger charge is -2.23. The maximum atomic E-state index is 12.9. The summed E-state index contributed by atoms with van der Waals surface area (Å²) >= 11 is 0. The van der Waals surface area contributed by atoms with E-state index in [2.05, 4.69) is 38.2 Å². The molecule has 2 aromatic rings. The van der Waals surface area contributed by atoms with E-state index in [1.807, 2.05) is 24.3 Å². The molecule has 0 radical (unpaired) electrons. The van der Waals surface area contributed by atoms with Gasteiger partial charge in [0.1, 0.15) is 5.75 Å². The molecule has 1 N–H and O–H groups in total. The number of ether oxygens (including phenoxy) is 3. The van der Waals surface area contributed by atoms with Gasteiger partial charge in [0.25, 0.3) is 0 Å². The van der Waals surface area contributed by atoms with Crippen LogP contribution in [0.1, 0.15) is 50.8 Å². The van der Waals surface area contributed by atoms with E-state index in [4.69, 9.17) is 14.2 Å². The molecule has 0 amide bonds. The van der Waals surface area contributed by atoms with E-state index in [0.717, 1.165) is 47.7 Å². The van der Waals surface area contributed by atoms with E-state index in [1.165, 1.54) is 5.56 Å². The first-order chi connectivity index (χ1) is 14.8. The summed E-state index contributed by atoms with van der Waals surface area (Å²) in [5.41, 5.74) is 4.27. The molecule has 0 aromatic heterocycles. The molecule has 5 nitrogen and oxygen atoms in total. The van der Waals surface area contributed by atoms with Gasteiger partial charge in [-0.15, -0.1) is 0 Å². The number of fused-ring (bicyclic) bond motifs is 2. The molecule has 1 atom stereocenters. The summed E-state index contributed by atoms with van der Waals surface area (Å²) in [6, 6.07) is 12.0. The van der Waals surface area contributed by atoms with Crippen LogP contribution < -0.4 is 19.5 Å². The van der Waals surface area contributed by atoms with Crippen molar-refractivity contribution in [2.75, 3.05) is 19.8 Å². The van der Waals surface area contributed by atoms with E-state index in [1.54, 1.807) is 13.0 Å². The second-order valence-corrected chi connectivity index (χ2v) is 9.18. The van der Waals surface area contributed by atoms with Crippen LogP contribution in [0.3, 0.4) is 0 Å². The summed E-state index contributed by atoms with van der Waals surface area (Å²) in [6.07, 6.45) is 2.81. The van der Waals surface area contributed by atoms with Crippen LogP contribution in [0.15, 0.2) is 42.5 Å². The largest absolute Gasteiger partial charge is 0.490 e. The van der Waals surface area contributed by atoms with E-state index in [0.29, 0.717) is 19.0 Å². The van der Waals surface area contributed by atoms with Gasteiger partial charge in [0.15, 0.2) is 23.4 Å². The van der Waals surface area contributed by atoms with E-state index in [-0.39, 0.29) is 11.2 Å². The number of hydrogen-bond acceptors (Lipinski definition) is 5. The Morgan fingerprint density at radius 2 is 1.77 bits per heavy atom. The second-order valence-electron chi connectivity index (χ2n) is 9.18. The van der Waals surface area contributed by atoms with Gasteiger partial charge < -0.3 is 19.5 Å². The summed E-state index contributed by atoms with van der Waals surface area (Å²) in [5, 5.41) is 3.36. The van der Waals surface area contributed by atoms with E-state index < -0.39 is 6.10 Å². The van der Waals surface area contributed by atoms with Crippen LogP contribution in [0.4, 0.5) is 0 Å². The van der Waals surface area contributed by atoms with Gasteiger partial charge in [0.05, 0.1) is 13.2 Å². The van der Waals surface area contributed by atoms with Gasteiger partial charge in [-0.05, 0) is 54.2 Å². The number of hydrogen-bond donors (Lipinski definition) is 1. The number of rotatable bonds is 4. The van der Waals surface area contributed by atoms with Crippen molar-refractivity contribution in [3.8, 4) is 17.2 Å². The summed E-state index contributed by atoms with van der Waals surface area (Å²) in [5.74, 6) is 2.14. The Morgan fingerprint density at radius 3 is 2.45 bits per heavy atom. The molecule has 164 valence electrons. The van der Waals surface area contributed by atoms with Gasteiger partial charge in [-0.2, -0.15) is 0 Å². The zero-order valence-electron chi connectivity index (χ0n) is 18.8. The average molecular weight is 422 g/mol. The predicted octanol–water partition coefficient (Wildman–Crippen LogP) is 4.67. The molecular weight excluding hydrogens is 390 g/mol. The van der Waals surface area contributed by atoms with Gasteiger partial charge in [0, 0.05) is 30.3 Å². The van der Waals surface area contributed by atoms with E-state index in [9.17, 15) is 4.79 Å². The summed E-state index contributed by atoms with van der Waals surface area (Å²) in [7, 11) is 0. The normalized spacial score (nSPS) is 17.9. The number of nitrogens with one attached hydrogen (secondary N) is 1. The smallest absolute Gasteiger partial charge is 0.197 e. The summed E-state index contributed by atoms with van der Waals surface area (Å²) in [6.45, 7) is 10.4. The first kappa shape index (κ1) is 21.3. The van der Waals surface area contributed by atoms with Crippen LogP contribution >= 0.6 is 0 Å². The lowest BCUT2D eigenvalue weighted by molar-refractivity contribution is -0.120. The fraction of sp³-hybridized carbons (Fsp3) is 0.423. The maximum absolute atomic E-state index is 12.9. The summed E-state index contributed by atoms with van der Waals surface area (Å²) < 4.78 is 17.6. The van der Waals surface area contributed by atoms with Crippen LogP contribution in [0, 0.1) is 0 Å². The molecule has 2 aromatic carbocycles. The highest BCUT2D eigenvalue weighted by Crippen LogP contribution is 2.36. The highest BCUT2D eigenvalue weighted by Gasteiger charge is 2.22. The first-order valence-corrected chi connectivity index (χ1v) is 11.0. The van der Waals surface area contributed by atoms with Crippen LogP contribution in [0.5, 0.6) is 17.2 Å². The van der Waals surface area contributed by atoms with Crippen molar-refractivity contribution in [1.29, 1.82) is 0 Å². The Labute approximate surface area is 184 Å². The van der Waals surface area contributed by atoms with Crippen molar-refractivity contribution in [3.63, 3.8) is 0 Å². The molecule has 2 heterocycles. The average Bonchev–Trinajstić information content (AvgIpc) is 2.97. The molecule has 0 aliphatic carbocycles. The minimum Gasteiger partial charge on any atom is -0.490 e. The van der Waals surface area contributed by atoms with Crippen molar-refractivity contribution in [2.45, 2.75) is 52.1 Å². The molecule has 4 rings (SSSR count).